The van der Waals surface area contributed by atoms with Crippen LogP contribution in [0.4, 0.5) is 3.89 Å². The van der Waals surface area contributed by atoms with Gasteiger partial charge in [-0.05, 0) is 16.6 Å². The van der Waals surface area contributed by atoms with E-state index in [4.69, 9.17) is 4.43 Å². The van der Waals surface area contributed by atoms with Gasteiger partial charge in [-0.1, -0.05) is 41.5 Å². The van der Waals surface area contributed by atoms with Gasteiger partial charge in [0.25, 0.3) is 8.32 Å². The molecule has 0 bridgehead atoms. The molecule has 18 heavy (non-hydrogen) atoms. The van der Waals surface area contributed by atoms with E-state index in [0.29, 0.717) is 0 Å². The molecule has 4 nitrogen and oxygen atoms in total. The smallest absolute Gasteiger partial charge is 0.313 e. The molecule has 0 fully saturated rings. The first kappa shape index (κ1) is 17.6. The SMILES string of the molecule is CC(C)[Si](OC(=O)CS(=O)(=O)F)(C(C)C)C(C)C. The zero-order valence-electron chi connectivity index (χ0n) is 11.9. The molecule has 0 saturated heterocycles. The Morgan fingerprint density at radius 1 is 1.06 bits per heavy atom. The van der Waals surface area contributed by atoms with Crippen LogP contribution in [-0.2, 0) is 19.4 Å². The summed E-state index contributed by atoms with van der Waals surface area (Å²) in [6, 6.07) is 0. The zero-order chi connectivity index (χ0) is 14.7. The van der Waals surface area contributed by atoms with Crippen molar-refractivity contribution in [3.8, 4) is 0 Å². The van der Waals surface area contributed by atoms with Crippen molar-refractivity contribution in [1.82, 2.24) is 0 Å². The molecule has 0 atom stereocenters. The Labute approximate surface area is 110 Å². The van der Waals surface area contributed by atoms with Gasteiger partial charge in [-0.15, -0.1) is 3.89 Å². The van der Waals surface area contributed by atoms with Crippen LogP contribution in [0.5, 0.6) is 0 Å². The van der Waals surface area contributed by atoms with Gasteiger partial charge in [0.05, 0.1) is 0 Å². The lowest BCUT2D eigenvalue weighted by molar-refractivity contribution is -0.132. The summed E-state index contributed by atoms with van der Waals surface area (Å²) in [5, 5.41) is 0. The minimum atomic E-state index is -4.83. The Morgan fingerprint density at radius 2 is 1.39 bits per heavy atom. The fourth-order valence-electron chi connectivity index (χ4n) is 2.72. The molecule has 7 heteroatoms. The van der Waals surface area contributed by atoms with Crippen LogP contribution < -0.4 is 0 Å². The summed E-state index contributed by atoms with van der Waals surface area (Å²) in [4.78, 5) is 11.6. The van der Waals surface area contributed by atoms with Gasteiger partial charge in [0, 0.05) is 0 Å². The van der Waals surface area contributed by atoms with Crippen molar-refractivity contribution in [2.45, 2.75) is 58.2 Å². The van der Waals surface area contributed by atoms with Crippen LogP contribution in [-0.4, -0.2) is 28.5 Å². The third-order valence-electron chi connectivity index (χ3n) is 3.29. The third-order valence-corrected chi connectivity index (χ3v) is 9.86. The highest BCUT2D eigenvalue weighted by molar-refractivity contribution is 7.87. The second-order valence-electron chi connectivity index (χ2n) is 5.47. The lowest BCUT2D eigenvalue weighted by Gasteiger charge is -2.41. The average Bonchev–Trinajstić information content (AvgIpc) is 2.09. The molecule has 0 saturated carbocycles. The van der Waals surface area contributed by atoms with E-state index >= 15 is 0 Å². The molecule has 0 aliphatic rings. The molecule has 0 spiro atoms. The van der Waals surface area contributed by atoms with Crippen LogP contribution in [0.3, 0.4) is 0 Å². The zero-order valence-corrected chi connectivity index (χ0v) is 13.7. The molecule has 0 rings (SSSR count). The van der Waals surface area contributed by atoms with Gasteiger partial charge in [-0.3, -0.25) is 4.79 Å². The molecule has 0 aromatic rings. The molecule has 0 unspecified atom stereocenters. The maximum atomic E-state index is 12.5. The standard InChI is InChI=1S/C11H23FO4SSi/c1-8(2)18(9(3)4,10(5)6)16-11(13)7-17(12,14)15/h8-10H,7H2,1-6H3. The summed E-state index contributed by atoms with van der Waals surface area (Å²) < 4.78 is 39.0. The van der Waals surface area contributed by atoms with Gasteiger partial charge in [0.1, 0.15) is 0 Å². The minimum absolute atomic E-state index is 0.142. The molecule has 0 amide bonds. The van der Waals surface area contributed by atoms with Crippen molar-refractivity contribution in [2.75, 3.05) is 5.75 Å². The molecule has 0 aliphatic carbocycles. The number of halogens is 1. The molecule has 0 radical (unpaired) electrons. The quantitative estimate of drug-likeness (QED) is 0.558. The summed E-state index contributed by atoms with van der Waals surface area (Å²) in [5.74, 6) is -2.16. The molecular weight excluding hydrogens is 275 g/mol. The van der Waals surface area contributed by atoms with Gasteiger partial charge >= 0.3 is 16.2 Å². The van der Waals surface area contributed by atoms with Crippen molar-refractivity contribution in [3.05, 3.63) is 0 Å². The van der Waals surface area contributed by atoms with Crippen molar-refractivity contribution in [2.24, 2.45) is 0 Å². The van der Waals surface area contributed by atoms with E-state index in [0.717, 1.165) is 0 Å². The highest BCUT2D eigenvalue weighted by Gasteiger charge is 2.48. The second-order valence-corrected chi connectivity index (χ2v) is 12.2. The van der Waals surface area contributed by atoms with Crippen LogP contribution in [0, 0.1) is 0 Å². The Bertz CT molecular complexity index is 368. The van der Waals surface area contributed by atoms with Crippen molar-refractivity contribution in [3.63, 3.8) is 0 Å². The van der Waals surface area contributed by atoms with Crippen LogP contribution in [0.2, 0.25) is 16.6 Å². The highest BCUT2D eigenvalue weighted by Crippen LogP contribution is 2.42. The van der Waals surface area contributed by atoms with Crippen molar-refractivity contribution in [1.29, 1.82) is 0 Å². The lowest BCUT2D eigenvalue weighted by atomic mass is 10.5. The number of hydrogen-bond donors (Lipinski definition) is 0. The predicted octanol–water partition coefficient (Wildman–Crippen LogP) is 3.00. The van der Waals surface area contributed by atoms with Gasteiger partial charge in [0.15, 0.2) is 5.75 Å². The third kappa shape index (κ3) is 4.35. The molecule has 0 aromatic heterocycles. The van der Waals surface area contributed by atoms with E-state index in [1.165, 1.54) is 0 Å². The molecule has 0 N–H and O–H groups in total. The fraction of sp³-hybridized carbons (Fsp3) is 0.909. The Morgan fingerprint density at radius 3 is 1.61 bits per heavy atom. The minimum Gasteiger partial charge on any atom is -0.517 e. The van der Waals surface area contributed by atoms with Gasteiger partial charge in [-0.2, -0.15) is 8.42 Å². The van der Waals surface area contributed by atoms with E-state index in [1.54, 1.807) is 0 Å². The first-order valence-corrected chi connectivity index (χ1v) is 9.77. The lowest BCUT2D eigenvalue weighted by Crippen LogP contribution is -2.50. The van der Waals surface area contributed by atoms with E-state index in [2.05, 4.69) is 0 Å². The maximum absolute atomic E-state index is 12.5. The maximum Gasteiger partial charge on any atom is 0.313 e. The molecule has 0 heterocycles. The number of carbonyl (C=O) groups is 1. The monoisotopic (exact) mass is 298 g/mol. The normalized spacial score (nSPS) is 13.4. The molecule has 108 valence electrons. The Kier molecular flexibility index (Phi) is 5.99. The highest BCUT2D eigenvalue weighted by atomic mass is 32.3. The summed E-state index contributed by atoms with van der Waals surface area (Å²) in [7, 11) is -7.30. The average molecular weight is 298 g/mol. The van der Waals surface area contributed by atoms with Crippen LogP contribution >= 0.6 is 0 Å². The molecule has 0 aromatic carbocycles. The van der Waals surface area contributed by atoms with E-state index in [-0.39, 0.29) is 16.6 Å². The van der Waals surface area contributed by atoms with Gasteiger partial charge in [-0.25, -0.2) is 0 Å². The van der Waals surface area contributed by atoms with Crippen molar-refractivity contribution >= 4 is 24.5 Å². The summed E-state index contributed by atoms with van der Waals surface area (Å²) in [6.45, 7) is 11.8. The largest absolute Gasteiger partial charge is 0.517 e. The molecular formula is C11H23FO4SSi. The topological polar surface area (TPSA) is 60.4 Å². The number of hydrogen-bond acceptors (Lipinski definition) is 4. The van der Waals surface area contributed by atoms with Crippen molar-refractivity contribution < 1.29 is 21.5 Å². The number of rotatable bonds is 6. The Hall–Kier alpha value is -0.433. The van der Waals surface area contributed by atoms with E-state index in [1.807, 2.05) is 41.5 Å². The van der Waals surface area contributed by atoms with Gasteiger partial charge < -0.3 is 4.43 Å². The summed E-state index contributed by atoms with van der Waals surface area (Å²) in [6.07, 6.45) is 0. The number of carbonyl (C=O) groups excluding carboxylic acids is 1. The van der Waals surface area contributed by atoms with Gasteiger partial charge in [0.2, 0.25) is 0 Å². The van der Waals surface area contributed by atoms with Crippen LogP contribution in [0.15, 0.2) is 0 Å². The first-order valence-electron chi connectivity index (χ1n) is 6.07. The first-order chi connectivity index (χ1) is 7.93. The van der Waals surface area contributed by atoms with Crippen LogP contribution in [0.25, 0.3) is 0 Å². The summed E-state index contributed by atoms with van der Waals surface area (Å²) >= 11 is 0. The fourth-order valence-corrected chi connectivity index (χ4v) is 8.34. The second kappa shape index (κ2) is 6.14. The van der Waals surface area contributed by atoms with E-state index < -0.39 is 30.3 Å². The summed E-state index contributed by atoms with van der Waals surface area (Å²) in [5.41, 5.74) is 0.427. The Balaban J connectivity index is 5.20. The molecule has 0 aliphatic heterocycles. The predicted molar refractivity (Wildman–Crippen MR) is 72.0 cm³/mol. The van der Waals surface area contributed by atoms with E-state index in [9.17, 15) is 17.1 Å². The van der Waals surface area contributed by atoms with Crippen LogP contribution in [0.1, 0.15) is 41.5 Å².